The summed E-state index contributed by atoms with van der Waals surface area (Å²) in [6.45, 7) is 4.15. The lowest BCUT2D eigenvalue weighted by molar-refractivity contribution is 0.108. The van der Waals surface area contributed by atoms with E-state index in [-0.39, 0.29) is 0 Å². The summed E-state index contributed by atoms with van der Waals surface area (Å²) in [5.74, 6) is 0.752. The largest absolute Gasteiger partial charge is 0.495 e. The zero-order valence-electron chi connectivity index (χ0n) is 14.3. The van der Waals surface area contributed by atoms with E-state index in [4.69, 9.17) is 28.6 Å². The number of hydrogen-bond acceptors (Lipinski definition) is 3. The van der Waals surface area contributed by atoms with Crippen LogP contribution in [0.5, 0.6) is 5.75 Å². The summed E-state index contributed by atoms with van der Waals surface area (Å²) in [5, 5.41) is 4.71. The van der Waals surface area contributed by atoms with Gasteiger partial charge in [0.15, 0.2) is 5.11 Å². The number of ether oxygens (including phenoxy) is 1. The van der Waals surface area contributed by atoms with Crippen LogP contribution in [-0.4, -0.2) is 54.2 Å². The fraction of sp³-hybridized carbons (Fsp3) is 0.611. The van der Waals surface area contributed by atoms with Crippen molar-refractivity contribution in [3.8, 4) is 5.75 Å². The van der Waals surface area contributed by atoms with Gasteiger partial charge in [0.25, 0.3) is 0 Å². The fourth-order valence-electron chi connectivity index (χ4n) is 3.71. The van der Waals surface area contributed by atoms with Gasteiger partial charge in [-0.1, -0.05) is 30.9 Å². The van der Waals surface area contributed by atoms with Gasteiger partial charge in [0, 0.05) is 37.2 Å². The summed E-state index contributed by atoms with van der Waals surface area (Å²) in [4.78, 5) is 4.90. The summed E-state index contributed by atoms with van der Waals surface area (Å²) in [5.41, 5.74) is 0.824. The van der Waals surface area contributed by atoms with E-state index < -0.39 is 0 Å². The third-order valence-corrected chi connectivity index (χ3v) is 5.69. The third-order valence-electron chi connectivity index (χ3n) is 5.10. The zero-order valence-corrected chi connectivity index (χ0v) is 15.8. The number of thiocarbonyl (C=S) groups is 1. The maximum Gasteiger partial charge on any atom is 0.173 e. The van der Waals surface area contributed by atoms with Crippen LogP contribution in [0.1, 0.15) is 32.1 Å². The van der Waals surface area contributed by atoms with Crippen molar-refractivity contribution >= 4 is 34.6 Å². The summed E-state index contributed by atoms with van der Waals surface area (Å²) >= 11 is 11.7. The van der Waals surface area contributed by atoms with Crippen LogP contribution in [-0.2, 0) is 0 Å². The lowest BCUT2D eigenvalue weighted by Gasteiger charge is -2.41. The third kappa shape index (κ3) is 4.32. The first-order chi connectivity index (χ1) is 11.7. The molecule has 0 bridgehead atoms. The Morgan fingerprint density at radius 3 is 2.54 bits per heavy atom. The Morgan fingerprint density at radius 2 is 1.88 bits per heavy atom. The molecule has 1 N–H and O–H groups in total. The molecule has 1 saturated carbocycles. The lowest BCUT2D eigenvalue weighted by Crippen LogP contribution is -2.53. The molecule has 1 aromatic rings. The van der Waals surface area contributed by atoms with E-state index in [2.05, 4.69) is 15.1 Å². The van der Waals surface area contributed by atoms with Gasteiger partial charge < -0.3 is 15.0 Å². The Hall–Kier alpha value is -1.04. The summed E-state index contributed by atoms with van der Waals surface area (Å²) < 4.78 is 5.38. The van der Waals surface area contributed by atoms with Crippen LogP contribution in [0.25, 0.3) is 0 Å². The van der Waals surface area contributed by atoms with Crippen molar-refractivity contribution in [2.45, 2.75) is 38.1 Å². The standard InChI is InChI=1S/C18H26ClN3OS/c1-23-17-8-7-14(19)13-16(17)20-18(24)22-11-9-21(10-12-22)15-5-3-2-4-6-15/h7-8,13,15H,2-6,9-12H2,1H3,(H,20,24). The highest BCUT2D eigenvalue weighted by Gasteiger charge is 2.26. The van der Waals surface area contributed by atoms with Crippen LogP contribution >= 0.6 is 23.8 Å². The highest BCUT2D eigenvalue weighted by Crippen LogP contribution is 2.28. The molecule has 132 valence electrons. The minimum Gasteiger partial charge on any atom is -0.495 e. The molecule has 3 rings (SSSR count). The molecule has 1 aromatic carbocycles. The minimum atomic E-state index is 0.670. The van der Waals surface area contributed by atoms with Gasteiger partial charge in [-0.15, -0.1) is 0 Å². The van der Waals surface area contributed by atoms with E-state index in [0.717, 1.165) is 48.8 Å². The fourth-order valence-corrected chi connectivity index (χ4v) is 4.17. The van der Waals surface area contributed by atoms with E-state index in [9.17, 15) is 0 Å². The second-order valence-corrected chi connectivity index (χ2v) is 7.41. The maximum atomic E-state index is 6.09. The van der Waals surface area contributed by atoms with Gasteiger partial charge in [0.2, 0.25) is 0 Å². The lowest BCUT2D eigenvalue weighted by atomic mass is 9.94. The highest BCUT2D eigenvalue weighted by molar-refractivity contribution is 7.80. The predicted molar refractivity (Wildman–Crippen MR) is 104 cm³/mol. The number of piperazine rings is 1. The smallest absolute Gasteiger partial charge is 0.173 e. The van der Waals surface area contributed by atoms with E-state index >= 15 is 0 Å². The molecule has 1 heterocycles. The SMILES string of the molecule is COc1ccc(Cl)cc1NC(=S)N1CCN(C2CCCCC2)CC1. The molecule has 2 fully saturated rings. The maximum absolute atomic E-state index is 6.09. The first-order valence-corrected chi connectivity index (χ1v) is 9.59. The molecule has 0 aromatic heterocycles. The van der Waals surface area contributed by atoms with Crippen LogP contribution in [0.2, 0.25) is 5.02 Å². The Labute approximate surface area is 155 Å². The Morgan fingerprint density at radius 1 is 1.17 bits per heavy atom. The topological polar surface area (TPSA) is 27.7 Å². The number of anilines is 1. The average molecular weight is 368 g/mol. The molecule has 1 aliphatic heterocycles. The number of hydrogen-bond donors (Lipinski definition) is 1. The molecule has 1 aliphatic carbocycles. The first-order valence-electron chi connectivity index (χ1n) is 8.81. The molecule has 2 aliphatic rings. The van der Waals surface area contributed by atoms with Crippen LogP contribution < -0.4 is 10.1 Å². The van der Waals surface area contributed by atoms with E-state index in [1.807, 2.05) is 18.2 Å². The van der Waals surface area contributed by atoms with Crippen LogP contribution in [0, 0.1) is 0 Å². The van der Waals surface area contributed by atoms with Gasteiger partial charge in [0.1, 0.15) is 5.75 Å². The van der Waals surface area contributed by atoms with Gasteiger partial charge in [0.05, 0.1) is 12.8 Å². The Balaban J connectivity index is 1.54. The van der Waals surface area contributed by atoms with Gasteiger partial charge in [-0.3, -0.25) is 4.90 Å². The van der Waals surface area contributed by atoms with E-state index in [0.29, 0.717) is 5.02 Å². The molecule has 0 amide bonds. The predicted octanol–water partition coefficient (Wildman–Crippen LogP) is 4.00. The molecular formula is C18H26ClN3OS. The van der Waals surface area contributed by atoms with Gasteiger partial charge in [-0.25, -0.2) is 0 Å². The molecule has 4 nitrogen and oxygen atoms in total. The van der Waals surface area contributed by atoms with Crippen LogP contribution in [0.3, 0.4) is 0 Å². The zero-order chi connectivity index (χ0) is 16.9. The van der Waals surface area contributed by atoms with Crippen LogP contribution in [0.4, 0.5) is 5.69 Å². The minimum absolute atomic E-state index is 0.670. The number of rotatable bonds is 3. The summed E-state index contributed by atoms with van der Waals surface area (Å²) in [7, 11) is 1.65. The van der Waals surface area contributed by atoms with Crippen molar-refractivity contribution in [3.05, 3.63) is 23.2 Å². The molecule has 1 saturated heterocycles. The number of benzene rings is 1. The molecule has 0 radical (unpaired) electrons. The second kappa shape index (κ2) is 8.37. The quantitative estimate of drug-likeness (QED) is 0.815. The summed E-state index contributed by atoms with van der Waals surface area (Å²) in [6.07, 6.45) is 6.91. The molecule has 0 atom stereocenters. The molecule has 0 spiro atoms. The van der Waals surface area contributed by atoms with Crippen molar-refractivity contribution in [2.24, 2.45) is 0 Å². The number of nitrogens with one attached hydrogen (secondary N) is 1. The van der Waals surface area contributed by atoms with Crippen molar-refractivity contribution in [2.75, 3.05) is 38.6 Å². The molecule has 6 heteroatoms. The van der Waals surface area contributed by atoms with E-state index in [1.54, 1.807) is 7.11 Å². The summed E-state index contributed by atoms with van der Waals surface area (Å²) in [6, 6.07) is 6.31. The monoisotopic (exact) mass is 367 g/mol. The number of methoxy groups -OCH3 is 1. The average Bonchev–Trinajstić information content (AvgIpc) is 2.63. The number of halogens is 1. The molecule has 0 unspecified atom stereocenters. The second-order valence-electron chi connectivity index (χ2n) is 6.59. The van der Waals surface area contributed by atoms with Crippen molar-refractivity contribution in [1.29, 1.82) is 0 Å². The first kappa shape index (κ1) is 17.8. The van der Waals surface area contributed by atoms with Crippen molar-refractivity contribution in [1.82, 2.24) is 9.80 Å². The number of nitrogens with zero attached hydrogens (tertiary/aromatic N) is 2. The van der Waals surface area contributed by atoms with E-state index in [1.165, 1.54) is 32.1 Å². The Kier molecular flexibility index (Phi) is 6.19. The van der Waals surface area contributed by atoms with Gasteiger partial charge in [-0.2, -0.15) is 0 Å². The molecule has 24 heavy (non-hydrogen) atoms. The van der Waals surface area contributed by atoms with Crippen LogP contribution in [0.15, 0.2) is 18.2 Å². The Bertz CT molecular complexity index is 569. The van der Waals surface area contributed by atoms with Crippen molar-refractivity contribution < 1.29 is 4.74 Å². The van der Waals surface area contributed by atoms with Gasteiger partial charge >= 0.3 is 0 Å². The molecular weight excluding hydrogens is 342 g/mol. The normalized spacial score (nSPS) is 20.0. The van der Waals surface area contributed by atoms with Crippen molar-refractivity contribution in [3.63, 3.8) is 0 Å². The van der Waals surface area contributed by atoms with Gasteiger partial charge in [-0.05, 0) is 43.3 Å². The highest BCUT2D eigenvalue weighted by atomic mass is 35.5.